The Balaban J connectivity index is 1.70. The summed E-state index contributed by atoms with van der Waals surface area (Å²) in [5.41, 5.74) is 2.61. The summed E-state index contributed by atoms with van der Waals surface area (Å²) in [6.07, 6.45) is 0.740. The fourth-order valence-electron chi connectivity index (χ4n) is 2.73. The highest BCUT2D eigenvalue weighted by Crippen LogP contribution is 2.31. The Bertz CT molecular complexity index is 932. The molecule has 6 nitrogen and oxygen atoms in total. The van der Waals surface area contributed by atoms with Gasteiger partial charge in [-0.05, 0) is 43.2 Å². The van der Waals surface area contributed by atoms with Gasteiger partial charge in [-0.2, -0.15) is 4.98 Å². The third kappa shape index (κ3) is 5.09. The molecule has 0 saturated heterocycles. The van der Waals surface area contributed by atoms with Crippen LogP contribution in [0.4, 0.5) is 21.8 Å². The maximum atomic E-state index is 13.0. The van der Waals surface area contributed by atoms with Gasteiger partial charge in [0.15, 0.2) is 0 Å². The van der Waals surface area contributed by atoms with Crippen molar-refractivity contribution in [2.75, 3.05) is 31.4 Å². The van der Waals surface area contributed by atoms with Crippen LogP contribution in [0.3, 0.4) is 0 Å². The molecule has 0 amide bonds. The van der Waals surface area contributed by atoms with E-state index in [1.165, 1.54) is 12.1 Å². The zero-order valence-electron chi connectivity index (χ0n) is 16.1. The van der Waals surface area contributed by atoms with Crippen LogP contribution in [0.1, 0.15) is 11.3 Å². The summed E-state index contributed by atoms with van der Waals surface area (Å²) in [6, 6.07) is 13.8. The molecule has 2 aromatic carbocycles. The van der Waals surface area contributed by atoms with Crippen molar-refractivity contribution < 1.29 is 13.9 Å². The van der Waals surface area contributed by atoms with Gasteiger partial charge in [0.1, 0.15) is 23.1 Å². The topological polar surface area (TPSA) is 68.3 Å². The first-order valence-corrected chi connectivity index (χ1v) is 8.90. The number of aromatic nitrogens is 2. The molecule has 0 radical (unpaired) electrons. The minimum atomic E-state index is -0.234. The smallest absolute Gasteiger partial charge is 0.224 e. The van der Waals surface area contributed by atoms with Crippen LogP contribution < -0.4 is 20.1 Å². The molecule has 3 aromatic rings. The predicted octanol–water partition coefficient (Wildman–Crippen LogP) is 4.34. The molecule has 3 rings (SSSR count). The number of hydrogen-bond acceptors (Lipinski definition) is 6. The summed E-state index contributed by atoms with van der Waals surface area (Å²) in [5.74, 6) is 2.33. The van der Waals surface area contributed by atoms with E-state index in [1.807, 2.05) is 31.2 Å². The molecule has 0 unspecified atom stereocenters. The molecule has 0 aliphatic heterocycles. The van der Waals surface area contributed by atoms with Gasteiger partial charge in [0.05, 0.1) is 19.9 Å². The number of ether oxygens (including phenoxy) is 2. The Labute approximate surface area is 163 Å². The molecule has 1 aromatic heterocycles. The molecule has 0 aliphatic rings. The van der Waals surface area contributed by atoms with Crippen LogP contribution in [0.25, 0.3) is 0 Å². The first-order chi connectivity index (χ1) is 13.6. The van der Waals surface area contributed by atoms with E-state index < -0.39 is 0 Å². The van der Waals surface area contributed by atoms with Gasteiger partial charge >= 0.3 is 0 Å². The second-order valence-electron chi connectivity index (χ2n) is 6.21. The van der Waals surface area contributed by atoms with Gasteiger partial charge in [-0.15, -0.1) is 0 Å². The first kappa shape index (κ1) is 19.4. The van der Waals surface area contributed by atoms with Crippen LogP contribution in [-0.4, -0.2) is 30.7 Å². The Morgan fingerprint density at radius 3 is 2.46 bits per heavy atom. The fraction of sp³-hybridized carbons (Fsp3) is 0.238. The van der Waals surface area contributed by atoms with Crippen LogP contribution in [0.15, 0.2) is 48.5 Å². The normalized spacial score (nSPS) is 10.4. The molecule has 28 heavy (non-hydrogen) atoms. The Hall–Kier alpha value is -3.35. The van der Waals surface area contributed by atoms with Gasteiger partial charge < -0.3 is 20.1 Å². The zero-order chi connectivity index (χ0) is 19.9. The van der Waals surface area contributed by atoms with Gasteiger partial charge in [0.2, 0.25) is 5.95 Å². The summed E-state index contributed by atoms with van der Waals surface area (Å²) in [5, 5.41) is 6.47. The second kappa shape index (κ2) is 9.03. The highest BCUT2D eigenvalue weighted by Gasteiger charge is 2.08. The van der Waals surface area contributed by atoms with Crippen LogP contribution in [0.2, 0.25) is 0 Å². The summed E-state index contributed by atoms with van der Waals surface area (Å²) >= 11 is 0. The number of aryl methyl sites for hydroxylation is 1. The van der Waals surface area contributed by atoms with Crippen molar-refractivity contribution in [2.24, 2.45) is 0 Å². The Kier molecular flexibility index (Phi) is 6.26. The van der Waals surface area contributed by atoms with Crippen LogP contribution in [-0.2, 0) is 6.42 Å². The molecule has 0 spiro atoms. The maximum Gasteiger partial charge on any atom is 0.224 e. The summed E-state index contributed by atoms with van der Waals surface area (Å²) in [7, 11) is 3.23. The molecule has 0 fully saturated rings. The third-order valence-electron chi connectivity index (χ3n) is 4.13. The number of rotatable bonds is 8. The highest BCUT2D eigenvalue weighted by atomic mass is 19.1. The molecule has 0 bridgehead atoms. The summed E-state index contributed by atoms with van der Waals surface area (Å²) in [6.45, 7) is 2.54. The lowest BCUT2D eigenvalue weighted by atomic mass is 10.1. The van der Waals surface area contributed by atoms with E-state index in [9.17, 15) is 4.39 Å². The molecule has 1 heterocycles. The summed E-state index contributed by atoms with van der Waals surface area (Å²) in [4.78, 5) is 8.93. The Morgan fingerprint density at radius 2 is 1.75 bits per heavy atom. The SMILES string of the molecule is COc1ccc(OC)c(Nc2cc(C)nc(NCCc3ccc(F)cc3)n2)c1. The van der Waals surface area contributed by atoms with E-state index in [0.717, 1.165) is 23.4 Å². The van der Waals surface area contributed by atoms with Gasteiger partial charge in [-0.25, -0.2) is 9.37 Å². The van der Waals surface area contributed by atoms with Gasteiger partial charge in [0, 0.05) is 24.4 Å². The van der Waals surface area contributed by atoms with E-state index >= 15 is 0 Å². The van der Waals surface area contributed by atoms with Crippen LogP contribution in [0.5, 0.6) is 11.5 Å². The molecule has 0 saturated carbocycles. The van der Waals surface area contributed by atoms with E-state index in [0.29, 0.717) is 29.8 Å². The molecule has 0 aliphatic carbocycles. The van der Waals surface area contributed by atoms with E-state index in [1.54, 1.807) is 26.4 Å². The quantitative estimate of drug-likeness (QED) is 0.604. The molecule has 7 heteroatoms. The minimum Gasteiger partial charge on any atom is -0.497 e. The van der Waals surface area contributed by atoms with Crippen molar-refractivity contribution in [1.82, 2.24) is 9.97 Å². The van der Waals surface area contributed by atoms with E-state index in [-0.39, 0.29) is 5.82 Å². The second-order valence-corrected chi connectivity index (χ2v) is 6.21. The largest absolute Gasteiger partial charge is 0.497 e. The first-order valence-electron chi connectivity index (χ1n) is 8.90. The minimum absolute atomic E-state index is 0.234. The number of benzene rings is 2. The molecule has 146 valence electrons. The van der Waals surface area contributed by atoms with Crippen molar-refractivity contribution in [3.63, 3.8) is 0 Å². The maximum absolute atomic E-state index is 13.0. The average molecular weight is 382 g/mol. The van der Waals surface area contributed by atoms with Crippen LogP contribution in [0, 0.1) is 12.7 Å². The number of halogens is 1. The standard InChI is InChI=1S/C21H23FN4O2/c1-14-12-20(25-18-13-17(27-2)8-9-19(18)28-3)26-21(24-14)23-11-10-15-4-6-16(22)7-5-15/h4-9,12-13H,10-11H2,1-3H3,(H2,23,24,25,26). The number of nitrogens with one attached hydrogen (secondary N) is 2. The molecule has 0 atom stereocenters. The third-order valence-corrected chi connectivity index (χ3v) is 4.13. The van der Waals surface area contributed by atoms with Gasteiger partial charge in [-0.3, -0.25) is 0 Å². The van der Waals surface area contributed by atoms with Crippen molar-refractivity contribution in [3.05, 3.63) is 65.6 Å². The molecular formula is C21H23FN4O2. The van der Waals surface area contributed by atoms with Crippen molar-refractivity contribution >= 4 is 17.5 Å². The lowest BCUT2D eigenvalue weighted by Crippen LogP contribution is -2.10. The van der Waals surface area contributed by atoms with Crippen LogP contribution >= 0.6 is 0 Å². The van der Waals surface area contributed by atoms with Gasteiger partial charge in [-0.1, -0.05) is 12.1 Å². The lowest BCUT2D eigenvalue weighted by Gasteiger charge is -2.13. The number of hydrogen-bond donors (Lipinski definition) is 2. The van der Waals surface area contributed by atoms with E-state index in [2.05, 4.69) is 20.6 Å². The fourth-order valence-corrected chi connectivity index (χ4v) is 2.73. The molecule has 2 N–H and O–H groups in total. The highest BCUT2D eigenvalue weighted by molar-refractivity contribution is 5.67. The summed E-state index contributed by atoms with van der Waals surface area (Å²) < 4.78 is 23.7. The van der Waals surface area contributed by atoms with E-state index in [4.69, 9.17) is 9.47 Å². The van der Waals surface area contributed by atoms with Crippen molar-refractivity contribution in [1.29, 1.82) is 0 Å². The number of methoxy groups -OCH3 is 2. The number of nitrogens with zero attached hydrogens (tertiary/aromatic N) is 2. The lowest BCUT2D eigenvalue weighted by molar-refractivity contribution is 0.405. The predicted molar refractivity (Wildman–Crippen MR) is 108 cm³/mol. The van der Waals surface area contributed by atoms with Crippen molar-refractivity contribution in [3.8, 4) is 11.5 Å². The monoisotopic (exact) mass is 382 g/mol. The average Bonchev–Trinajstić information content (AvgIpc) is 2.69. The van der Waals surface area contributed by atoms with Gasteiger partial charge in [0.25, 0.3) is 0 Å². The van der Waals surface area contributed by atoms with Crippen molar-refractivity contribution in [2.45, 2.75) is 13.3 Å². The zero-order valence-corrected chi connectivity index (χ0v) is 16.1. The molecular weight excluding hydrogens is 359 g/mol. The Morgan fingerprint density at radius 1 is 0.964 bits per heavy atom. The number of anilines is 3.